The predicted molar refractivity (Wildman–Crippen MR) is 72.2 cm³/mol. The second-order valence-corrected chi connectivity index (χ2v) is 6.12. The van der Waals surface area contributed by atoms with Crippen molar-refractivity contribution < 1.29 is 19.3 Å². The SMILES string of the molecule is C[C@H](N=[P+]([O-])Oc1ccc(C(C)(C)C)cc1)C(=O)O. The molecule has 2 atom stereocenters. The molecule has 1 aromatic rings. The van der Waals surface area contributed by atoms with Gasteiger partial charge >= 0.3 is 14.1 Å². The summed E-state index contributed by atoms with van der Waals surface area (Å²) in [6.45, 7) is 7.62. The van der Waals surface area contributed by atoms with Crippen LogP contribution in [0.15, 0.2) is 29.0 Å². The van der Waals surface area contributed by atoms with Crippen LogP contribution in [0.2, 0.25) is 0 Å². The number of carboxylic acids is 1. The Hall–Kier alpha value is -1.45. The lowest BCUT2D eigenvalue weighted by Crippen LogP contribution is -2.13. The molecule has 0 radical (unpaired) electrons. The number of aliphatic carboxylic acids is 1. The average molecular weight is 283 g/mol. The Kier molecular flexibility index (Phi) is 5.04. The Morgan fingerprint density at radius 1 is 1.37 bits per heavy atom. The van der Waals surface area contributed by atoms with E-state index in [0.29, 0.717) is 5.75 Å². The molecule has 0 saturated heterocycles. The van der Waals surface area contributed by atoms with Crippen LogP contribution < -0.4 is 9.42 Å². The van der Waals surface area contributed by atoms with Gasteiger partial charge in [-0.1, -0.05) is 37.6 Å². The van der Waals surface area contributed by atoms with Gasteiger partial charge in [-0.05, 0) is 30.0 Å². The average Bonchev–Trinajstić information content (AvgIpc) is 2.28. The van der Waals surface area contributed by atoms with Crippen molar-refractivity contribution in [3.8, 4) is 5.75 Å². The molecule has 0 aliphatic rings. The van der Waals surface area contributed by atoms with Crippen LogP contribution in [0, 0.1) is 0 Å². The lowest BCUT2D eigenvalue weighted by molar-refractivity contribution is -0.169. The standard InChI is InChI=1S/C13H18NO4P/c1-9(12(15)16)14-19(17)18-11-7-5-10(6-8-11)13(2,3)4/h5-9H,1-4H3,(H,15,16)/t9-/m0/s1. The second-order valence-electron chi connectivity index (χ2n) is 5.23. The Labute approximate surface area is 113 Å². The van der Waals surface area contributed by atoms with Gasteiger partial charge in [0.1, 0.15) is 0 Å². The molecule has 0 spiro atoms. The van der Waals surface area contributed by atoms with Crippen molar-refractivity contribution in [3.05, 3.63) is 29.8 Å². The van der Waals surface area contributed by atoms with Crippen LogP contribution in [0.1, 0.15) is 33.3 Å². The van der Waals surface area contributed by atoms with E-state index in [1.165, 1.54) is 6.92 Å². The van der Waals surface area contributed by atoms with E-state index in [9.17, 15) is 9.69 Å². The predicted octanol–water partition coefficient (Wildman–Crippen LogP) is 2.69. The van der Waals surface area contributed by atoms with E-state index >= 15 is 0 Å². The first-order chi connectivity index (χ1) is 8.70. The molecule has 104 valence electrons. The summed E-state index contributed by atoms with van der Waals surface area (Å²) in [7, 11) is -2.37. The van der Waals surface area contributed by atoms with E-state index in [4.69, 9.17) is 9.63 Å². The minimum Gasteiger partial charge on any atom is -0.575 e. The molecule has 0 aromatic heterocycles. The van der Waals surface area contributed by atoms with Gasteiger partial charge in [0.15, 0.2) is 11.8 Å². The summed E-state index contributed by atoms with van der Waals surface area (Å²) in [6, 6.07) is 6.14. The Morgan fingerprint density at radius 2 is 1.89 bits per heavy atom. The molecule has 0 bridgehead atoms. The van der Waals surface area contributed by atoms with Crippen molar-refractivity contribution in [1.29, 1.82) is 0 Å². The van der Waals surface area contributed by atoms with E-state index in [1.54, 1.807) is 12.1 Å². The maximum absolute atomic E-state index is 11.5. The first-order valence-corrected chi connectivity index (χ1v) is 7.02. The molecular formula is C13H18NO4P. The summed E-state index contributed by atoms with van der Waals surface area (Å²) in [5, 5.41) is 8.65. The molecule has 5 nitrogen and oxygen atoms in total. The number of hydrogen-bond acceptors (Lipinski definition) is 4. The van der Waals surface area contributed by atoms with E-state index in [1.807, 2.05) is 12.1 Å². The van der Waals surface area contributed by atoms with Gasteiger partial charge in [0.2, 0.25) is 0 Å². The highest BCUT2D eigenvalue weighted by molar-refractivity contribution is 7.34. The molecular weight excluding hydrogens is 265 g/mol. The van der Waals surface area contributed by atoms with E-state index in [2.05, 4.69) is 25.5 Å². The van der Waals surface area contributed by atoms with Gasteiger partial charge in [-0.25, -0.2) is 4.79 Å². The number of nitrogens with zero attached hydrogens (tertiary/aromatic N) is 1. The van der Waals surface area contributed by atoms with Crippen molar-refractivity contribution in [3.63, 3.8) is 0 Å². The highest BCUT2D eigenvalue weighted by Gasteiger charge is 2.16. The topological polar surface area (TPSA) is 82.0 Å². The molecule has 1 N–H and O–H groups in total. The minimum absolute atomic E-state index is 0.0307. The number of carboxylic acid groups (broad SMARTS) is 1. The molecule has 1 rings (SSSR count). The third kappa shape index (κ3) is 4.97. The van der Waals surface area contributed by atoms with Crippen molar-refractivity contribution in [1.82, 2.24) is 0 Å². The van der Waals surface area contributed by atoms with Gasteiger partial charge in [0.05, 0.1) is 0 Å². The third-order valence-electron chi connectivity index (χ3n) is 2.53. The summed E-state index contributed by atoms with van der Waals surface area (Å²) < 4.78 is 8.61. The number of benzene rings is 1. The molecule has 1 unspecified atom stereocenters. The third-order valence-corrected chi connectivity index (χ3v) is 3.43. The Morgan fingerprint density at radius 3 is 2.32 bits per heavy atom. The molecule has 0 aliphatic heterocycles. The molecule has 1 aromatic carbocycles. The van der Waals surface area contributed by atoms with Gasteiger partial charge in [0, 0.05) is 0 Å². The van der Waals surface area contributed by atoms with Crippen LogP contribution >= 0.6 is 8.17 Å². The highest BCUT2D eigenvalue weighted by Crippen LogP contribution is 2.28. The van der Waals surface area contributed by atoms with E-state index < -0.39 is 20.2 Å². The zero-order valence-corrected chi connectivity index (χ0v) is 12.3. The molecule has 0 amide bonds. The summed E-state index contributed by atoms with van der Waals surface area (Å²) in [6.07, 6.45) is 0. The van der Waals surface area contributed by atoms with Crippen LogP contribution in [0.3, 0.4) is 0 Å². The van der Waals surface area contributed by atoms with Crippen LogP contribution in [-0.4, -0.2) is 17.1 Å². The Balaban J connectivity index is 2.76. The van der Waals surface area contributed by atoms with Gasteiger partial charge in [-0.3, -0.25) is 4.52 Å². The maximum Gasteiger partial charge on any atom is 0.395 e. The minimum atomic E-state index is -2.37. The van der Waals surface area contributed by atoms with Gasteiger partial charge in [-0.15, -0.1) is 0 Å². The lowest BCUT2D eigenvalue weighted by Gasteiger charge is -2.18. The summed E-state index contributed by atoms with van der Waals surface area (Å²) in [4.78, 5) is 22.1. The molecule has 6 heteroatoms. The Bertz CT molecular complexity index is 476. The zero-order valence-electron chi connectivity index (χ0n) is 11.5. The van der Waals surface area contributed by atoms with Crippen molar-refractivity contribution in [2.24, 2.45) is 4.74 Å². The highest BCUT2D eigenvalue weighted by atomic mass is 31.1. The molecule has 0 heterocycles. The number of rotatable bonds is 4. The smallest absolute Gasteiger partial charge is 0.395 e. The zero-order chi connectivity index (χ0) is 14.6. The van der Waals surface area contributed by atoms with Gasteiger partial charge in [0.25, 0.3) is 0 Å². The fourth-order valence-electron chi connectivity index (χ4n) is 1.32. The molecule has 0 fully saturated rings. The first kappa shape index (κ1) is 15.6. The first-order valence-electron chi connectivity index (χ1n) is 5.89. The maximum atomic E-state index is 11.5. The summed E-state index contributed by atoms with van der Waals surface area (Å²) in [5.41, 5.74) is 1.16. The normalized spacial score (nSPS) is 14.1. The van der Waals surface area contributed by atoms with E-state index in [0.717, 1.165) is 5.56 Å². The van der Waals surface area contributed by atoms with Crippen LogP contribution in [0.4, 0.5) is 0 Å². The monoisotopic (exact) mass is 283 g/mol. The van der Waals surface area contributed by atoms with Gasteiger partial charge in [-0.2, -0.15) is 0 Å². The lowest BCUT2D eigenvalue weighted by atomic mass is 9.87. The fraction of sp³-hybridized carbons (Fsp3) is 0.462. The fourth-order valence-corrected chi connectivity index (χ4v) is 2.05. The van der Waals surface area contributed by atoms with E-state index in [-0.39, 0.29) is 5.41 Å². The van der Waals surface area contributed by atoms with Crippen LogP contribution in [0.25, 0.3) is 0 Å². The quantitative estimate of drug-likeness (QED) is 0.861. The largest absolute Gasteiger partial charge is 0.575 e. The van der Waals surface area contributed by atoms with Crippen LogP contribution in [-0.2, 0) is 10.2 Å². The van der Waals surface area contributed by atoms with Crippen molar-refractivity contribution >= 4 is 14.1 Å². The van der Waals surface area contributed by atoms with Crippen molar-refractivity contribution in [2.45, 2.75) is 39.2 Å². The molecule has 0 saturated carbocycles. The van der Waals surface area contributed by atoms with Crippen LogP contribution in [0.5, 0.6) is 5.75 Å². The van der Waals surface area contributed by atoms with Gasteiger partial charge < -0.3 is 10.00 Å². The second kappa shape index (κ2) is 6.13. The molecule has 0 aliphatic carbocycles. The number of hydrogen-bond donors (Lipinski definition) is 1. The molecule has 19 heavy (non-hydrogen) atoms. The summed E-state index contributed by atoms with van der Waals surface area (Å²) in [5.74, 6) is -0.717. The summed E-state index contributed by atoms with van der Waals surface area (Å²) >= 11 is 0. The number of carbonyl (C=O) groups is 1. The van der Waals surface area contributed by atoms with Crippen molar-refractivity contribution in [2.75, 3.05) is 0 Å².